The van der Waals surface area contributed by atoms with Crippen molar-refractivity contribution in [3.63, 3.8) is 0 Å². The minimum atomic E-state index is -4.66. The maximum Gasteiger partial charge on any atom is 0.417 e. The zero-order valence-electron chi connectivity index (χ0n) is 16.2. The second-order valence-corrected chi connectivity index (χ2v) is 7.17. The van der Waals surface area contributed by atoms with Crippen LogP contribution in [0.25, 0.3) is 11.0 Å². The number of rotatable bonds is 3. The minimum Gasteiger partial charge on any atom is -0.308 e. The number of alkyl halides is 3. The van der Waals surface area contributed by atoms with Gasteiger partial charge in [-0.1, -0.05) is 17.7 Å². The Kier molecular flexibility index (Phi) is 5.58. The van der Waals surface area contributed by atoms with Gasteiger partial charge >= 0.3 is 12.2 Å². The summed E-state index contributed by atoms with van der Waals surface area (Å²) in [6, 6.07) is 13.8. The van der Waals surface area contributed by atoms with E-state index in [9.17, 15) is 22.8 Å². The quantitative estimate of drug-likeness (QED) is 0.393. The van der Waals surface area contributed by atoms with Gasteiger partial charge in [0.25, 0.3) is 5.91 Å². The highest BCUT2D eigenvalue weighted by atomic mass is 35.5. The van der Waals surface area contributed by atoms with Crippen LogP contribution in [0.5, 0.6) is 0 Å². The fourth-order valence-electron chi connectivity index (χ4n) is 3.11. The fraction of sp³-hybridized carbons (Fsp3) is 0.0455. The second-order valence-electron chi connectivity index (χ2n) is 6.76. The Labute approximate surface area is 184 Å². The van der Waals surface area contributed by atoms with Crippen molar-refractivity contribution in [2.45, 2.75) is 6.18 Å². The number of halogens is 4. The lowest BCUT2D eigenvalue weighted by atomic mass is 10.2. The first-order valence-corrected chi connectivity index (χ1v) is 9.62. The van der Waals surface area contributed by atoms with Crippen LogP contribution in [-0.2, 0) is 6.18 Å². The molecule has 2 amide bonds. The molecule has 0 unspecified atom stereocenters. The SMILES string of the molecule is O=C(Nc1cccc(C(=O)n2ccc3cccnc32)c1)Nc1ccc(Cl)c(C(F)(F)F)c1. The van der Waals surface area contributed by atoms with E-state index in [-0.39, 0.29) is 22.8 Å². The van der Waals surface area contributed by atoms with Crippen molar-refractivity contribution in [3.8, 4) is 0 Å². The number of aromatic nitrogens is 2. The molecule has 0 spiro atoms. The average molecular weight is 459 g/mol. The third kappa shape index (κ3) is 4.42. The number of fused-ring (bicyclic) bond motifs is 1. The van der Waals surface area contributed by atoms with E-state index >= 15 is 0 Å². The van der Waals surface area contributed by atoms with Crippen molar-refractivity contribution in [2.75, 3.05) is 10.6 Å². The van der Waals surface area contributed by atoms with Crippen molar-refractivity contribution in [1.29, 1.82) is 0 Å². The predicted molar refractivity (Wildman–Crippen MR) is 115 cm³/mol. The van der Waals surface area contributed by atoms with Gasteiger partial charge in [-0.05, 0) is 54.6 Å². The summed E-state index contributed by atoms with van der Waals surface area (Å²) < 4.78 is 40.4. The molecule has 0 radical (unpaired) electrons. The Bertz CT molecular complexity index is 1330. The Balaban J connectivity index is 1.51. The van der Waals surface area contributed by atoms with Crippen LogP contribution < -0.4 is 10.6 Å². The van der Waals surface area contributed by atoms with Crippen molar-refractivity contribution >= 4 is 45.9 Å². The standard InChI is InChI=1S/C22H14ClF3N4O2/c23-18-7-6-16(12-17(18)22(24,25)26)29-21(32)28-15-5-1-3-14(11-15)20(31)30-10-8-13-4-2-9-27-19(13)30/h1-12H,(H2,28,29,32). The highest BCUT2D eigenvalue weighted by Crippen LogP contribution is 2.36. The van der Waals surface area contributed by atoms with Crippen LogP contribution in [0.3, 0.4) is 0 Å². The van der Waals surface area contributed by atoms with Gasteiger partial charge in [0.1, 0.15) is 5.65 Å². The first-order chi connectivity index (χ1) is 15.2. The van der Waals surface area contributed by atoms with Crippen molar-refractivity contribution in [1.82, 2.24) is 9.55 Å². The Morgan fingerprint density at radius 2 is 1.69 bits per heavy atom. The number of urea groups is 1. The molecule has 4 aromatic rings. The predicted octanol–water partition coefficient (Wildman–Crippen LogP) is 6.04. The molecule has 2 aromatic carbocycles. The zero-order chi connectivity index (χ0) is 22.9. The minimum absolute atomic E-state index is 0.0867. The van der Waals surface area contributed by atoms with Crippen LogP contribution in [0, 0.1) is 0 Å². The van der Waals surface area contributed by atoms with E-state index in [0.717, 1.165) is 17.5 Å². The number of carbonyl (C=O) groups excluding carboxylic acids is 2. The topological polar surface area (TPSA) is 76.0 Å². The number of carbonyl (C=O) groups is 2. The summed E-state index contributed by atoms with van der Waals surface area (Å²) >= 11 is 5.59. The maximum absolute atomic E-state index is 13.0. The molecule has 10 heteroatoms. The van der Waals surface area contributed by atoms with E-state index in [2.05, 4.69) is 15.6 Å². The molecule has 6 nitrogen and oxygen atoms in total. The normalized spacial score (nSPS) is 11.4. The molecule has 0 saturated carbocycles. The first-order valence-electron chi connectivity index (χ1n) is 9.24. The maximum atomic E-state index is 13.0. The molecule has 2 aromatic heterocycles. The fourth-order valence-corrected chi connectivity index (χ4v) is 3.34. The molecular weight excluding hydrogens is 445 g/mol. The lowest BCUT2D eigenvalue weighted by molar-refractivity contribution is -0.137. The number of nitrogens with one attached hydrogen (secondary N) is 2. The number of nitrogens with zero attached hydrogens (tertiary/aromatic N) is 2. The zero-order valence-corrected chi connectivity index (χ0v) is 16.9. The molecule has 0 bridgehead atoms. The van der Waals surface area contributed by atoms with Gasteiger partial charge in [0.15, 0.2) is 0 Å². The summed E-state index contributed by atoms with van der Waals surface area (Å²) in [5.41, 5.74) is -0.0788. The molecule has 0 aliphatic heterocycles. The Morgan fingerprint density at radius 1 is 0.938 bits per heavy atom. The number of benzene rings is 2. The van der Waals surface area contributed by atoms with Gasteiger partial charge in [0.2, 0.25) is 0 Å². The van der Waals surface area contributed by atoms with E-state index in [4.69, 9.17) is 11.6 Å². The molecule has 32 heavy (non-hydrogen) atoms. The molecule has 2 N–H and O–H groups in total. The van der Waals surface area contributed by atoms with E-state index in [1.807, 2.05) is 6.07 Å². The van der Waals surface area contributed by atoms with Crippen LogP contribution in [0.4, 0.5) is 29.3 Å². The Morgan fingerprint density at radius 3 is 2.44 bits per heavy atom. The van der Waals surface area contributed by atoms with E-state index in [1.54, 1.807) is 42.7 Å². The summed E-state index contributed by atoms with van der Waals surface area (Å²) in [6.07, 6.45) is -1.47. The van der Waals surface area contributed by atoms with Gasteiger partial charge in [-0.25, -0.2) is 9.78 Å². The monoisotopic (exact) mass is 458 g/mol. The van der Waals surface area contributed by atoms with Gasteiger partial charge in [-0.2, -0.15) is 13.2 Å². The number of amides is 2. The molecule has 2 heterocycles. The summed E-state index contributed by atoms with van der Waals surface area (Å²) in [7, 11) is 0. The summed E-state index contributed by atoms with van der Waals surface area (Å²) in [5, 5.41) is 5.15. The van der Waals surface area contributed by atoms with E-state index < -0.39 is 22.8 Å². The molecule has 162 valence electrons. The second kappa shape index (κ2) is 8.35. The van der Waals surface area contributed by atoms with E-state index in [0.29, 0.717) is 5.65 Å². The molecule has 0 aliphatic rings. The van der Waals surface area contributed by atoms with Gasteiger partial charge in [0.05, 0.1) is 10.6 Å². The van der Waals surface area contributed by atoms with Gasteiger partial charge in [0, 0.05) is 34.7 Å². The smallest absolute Gasteiger partial charge is 0.308 e. The highest BCUT2D eigenvalue weighted by molar-refractivity contribution is 6.31. The van der Waals surface area contributed by atoms with Crippen LogP contribution in [0.1, 0.15) is 15.9 Å². The number of hydrogen-bond acceptors (Lipinski definition) is 3. The van der Waals surface area contributed by atoms with Crippen molar-refractivity contribution in [2.24, 2.45) is 0 Å². The lowest BCUT2D eigenvalue weighted by Crippen LogP contribution is -2.20. The number of pyridine rings is 1. The third-order valence-electron chi connectivity index (χ3n) is 4.56. The highest BCUT2D eigenvalue weighted by Gasteiger charge is 2.33. The molecule has 0 fully saturated rings. The summed E-state index contributed by atoms with van der Waals surface area (Å²) in [6.45, 7) is 0. The molecule has 0 atom stereocenters. The van der Waals surface area contributed by atoms with Crippen LogP contribution in [0.15, 0.2) is 73.1 Å². The van der Waals surface area contributed by atoms with Crippen molar-refractivity contribution < 1.29 is 22.8 Å². The van der Waals surface area contributed by atoms with Gasteiger partial charge in [-0.15, -0.1) is 0 Å². The van der Waals surface area contributed by atoms with Crippen LogP contribution in [-0.4, -0.2) is 21.5 Å². The average Bonchev–Trinajstić information content (AvgIpc) is 3.18. The molecular formula is C22H14ClF3N4O2. The molecule has 0 saturated heterocycles. The van der Waals surface area contributed by atoms with Crippen LogP contribution in [0.2, 0.25) is 5.02 Å². The van der Waals surface area contributed by atoms with E-state index in [1.165, 1.54) is 16.7 Å². The summed E-state index contributed by atoms with van der Waals surface area (Å²) in [5.74, 6) is -0.352. The number of anilines is 2. The lowest BCUT2D eigenvalue weighted by Gasteiger charge is -2.12. The molecule has 0 aliphatic carbocycles. The third-order valence-corrected chi connectivity index (χ3v) is 4.89. The van der Waals surface area contributed by atoms with Gasteiger partial charge in [-0.3, -0.25) is 9.36 Å². The summed E-state index contributed by atoms with van der Waals surface area (Å²) in [4.78, 5) is 29.4. The molecule has 4 rings (SSSR count). The first kappa shape index (κ1) is 21.4. The van der Waals surface area contributed by atoms with Gasteiger partial charge < -0.3 is 10.6 Å². The van der Waals surface area contributed by atoms with Crippen molar-refractivity contribution in [3.05, 3.63) is 89.2 Å². The largest absolute Gasteiger partial charge is 0.417 e. The van der Waals surface area contributed by atoms with Crippen LogP contribution >= 0.6 is 11.6 Å². The number of hydrogen-bond donors (Lipinski definition) is 2. The Hall–Kier alpha value is -3.85.